The van der Waals surface area contributed by atoms with E-state index in [2.05, 4.69) is 41.2 Å². The molecule has 0 saturated heterocycles. The second kappa shape index (κ2) is 5.66. The van der Waals surface area contributed by atoms with Crippen LogP contribution in [0.25, 0.3) is 5.95 Å². The van der Waals surface area contributed by atoms with Crippen molar-refractivity contribution in [2.24, 2.45) is 0 Å². The quantitative estimate of drug-likeness (QED) is 0.740. The summed E-state index contributed by atoms with van der Waals surface area (Å²) in [6.45, 7) is 0. The van der Waals surface area contributed by atoms with Crippen LogP contribution in [-0.2, 0) is 0 Å². The fraction of sp³-hybridized carbons (Fsp3) is 0. The van der Waals surface area contributed by atoms with E-state index in [1.165, 1.54) is 0 Å². The van der Waals surface area contributed by atoms with Gasteiger partial charge in [-0.05, 0) is 18.2 Å². The van der Waals surface area contributed by atoms with Crippen molar-refractivity contribution in [1.82, 2.24) is 24.5 Å². The third-order valence-corrected chi connectivity index (χ3v) is 3.37. The van der Waals surface area contributed by atoms with E-state index < -0.39 is 0 Å². The highest BCUT2D eigenvalue weighted by molar-refractivity contribution is 9.10. The molecule has 2 aromatic heterocycles. The van der Waals surface area contributed by atoms with E-state index in [0.717, 1.165) is 4.47 Å². The number of nitrogen functional groups attached to an aromatic ring is 1. The summed E-state index contributed by atoms with van der Waals surface area (Å²) in [6.07, 6.45) is 4.91. The van der Waals surface area contributed by atoms with Gasteiger partial charge in [0.1, 0.15) is 6.33 Å². The van der Waals surface area contributed by atoms with Gasteiger partial charge in [0.2, 0.25) is 17.8 Å². The molecule has 21 heavy (non-hydrogen) atoms. The van der Waals surface area contributed by atoms with Gasteiger partial charge in [-0.15, -0.1) is 0 Å². The van der Waals surface area contributed by atoms with Crippen LogP contribution in [0.3, 0.4) is 0 Å². The zero-order valence-electron chi connectivity index (χ0n) is 10.5. The second-order valence-corrected chi connectivity index (χ2v) is 5.36. The van der Waals surface area contributed by atoms with Crippen LogP contribution in [0, 0.1) is 0 Å². The van der Waals surface area contributed by atoms with Gasteiger partial charge < -0.3 is 11.1 Å². The number of hydrogen-bond acceptors (Lipinski definition) is 6. The molecule has 0 aliphatic heterocycles. The van der Waals surface area contributed by atoms with E-state index in [1.54, 1.807) is 29.4 Å². The minimum Gasteiger partial charge on any atom is -0.368 e. The third-order valence-electron chi connectivity index (χ3n) is 2.55. The van der Waals surface area contributed by atoms with Gasteiger partial charge in [0.05, 0.1) is 10.7 Å². The van der Waals surface area contributed by atoms with Crippen LogP contribution in [0.1, 0.15) is 0 Å². The lowest BCUT2D eigenvalue weighted by molar-refractivity contribution is 0.906. The van der Waals surface area contributed by atoms with Gasteiger partial charge in [0.25, 0.3) is 0 Å². The number of imidazole rings is 1. The number of nitrogens with one attached hydrogen (secondary N) is 1. The zero-order valence-corrected chi connectivity index (χ0v) is 12.9. The number of nitrogens with two attached hydrogens (primary N) is 1. The van der Waals surface area contributed by atoms with E-state index in [4.69, 9.17) is 17.3 Å². The molecule has 0 bridgehead atoms. The van der Waals surface area contributed by atoms with Crippen molar-refractivity contribution in [2.75, 3.05) is 11.1 Å². The van der Waals surface area contributed by atoms with Crippen LogP contribution in [0.4, 0.5) is 17.6 Å². The monoisotopic (exact) mass is 365 g/mol. The SMILES string of the molecule is Nc1nc(Nc2cc(Br)ccc2Cl)nc(-n2ccnc2)n1. The number of halogens is 2. The Morgan fingerprint density at radius 2 is 2.10 bits per heavy atom. The molecule has 7 nitrogen and oxygen atoms in total. The van der Waals surface area contributed by atoms with E-state index >= 15 is 0 Å². The normalized spacial score (nSPS) is 10.6. The Balaban J connectivity index is 1.97. The Morgan fingerprint density at radius 3 is 2.86 bits per heavy atom. The first-order chi connectivity index (χ1) is 10.1. The summed E-state index contributed by atoms with van der Waals surface area (Å²) < 4.78 is 2.51. The number of rotatable bonds is 3. The van der Waals surface area contributed by atoms with Crippen LogP contribution < -0.4 is 11.1 Å². The molecule has 106 valence electrons. The Bertz CT molecular complexity index is 775. The summed E-state index contributed by atoms with van der Waals surface area (Å²) in [7, 11) is 0. The van der Waals surface area contributed by atoms with Crippen molar-refractivity contribution in [3.05, 3.63) is 46.4 Å². The lowest BCUT2D eigenvalue weighted by Gasteiger charge is -2.09. The third kappa shape index (κ3) is 3.11. The average molecular weight is 367 g/mol. The summed E-state index contributed by atoms with van der Waals surface area (Å²) in [5, 5.41) is 3.56. The standard InChI is InChI=1S/C12H9BrClN7/c13-7-1-2-8(14)9(5-7)17-11-18-10(15)19-12(20-11)21-4-3-16-6-21/h1-6H,(H3,15,17,18,19,20). The Labute approximate surface area is 133 Å². The number of hydrogen-bond donors (Lipinski definition) is 2. The summed E-state index contributed by atoms with van der Waals surface area (Å²) in [5.41, 5.74) is 6.37. The van der Waals surface area contributed by atoms with Crippen molar-refractivity contribution >= 4 is 45.1 Å². The van der Waals surface area contributed by atoms with Gasteiger partial charge >= 0.3 is 0 Å². The molecular formula is C12H9BrClN7. The van der Waals surface area contributed by atoms with Crippen LogP contribution >= 0.6 is 27.5 Å². The number of nitrogens with zero attached hydrogens (tertiary/aromatic N) is 5. The van der Waals surface area contributed by atoms with Crippen molar-refractivity contribution in [3.8, 4) is 5.95 Å². The minimum absolute atomic E-state index is 0.0994. The first-order valence-corrected chi connectivity index (χ1v) is 7.01. The molecule has 9 heteroatoms. The first kappa shape index (κ1) is 13.8. The van der Waals surface area contributed by atoms with E-state index in [9.17, 15) is 0 Å². The molecule has 3 N–H and O–H groups in total. The molecule has 3 rings (SSSR count). The smallest absolute Gasteiger partial charge is 0.241 e. The topological polar surface area (TPSA) is 94.5 Å². The molecule has 0 atom stereocenters. The molecule has 0 fully saturated rings. The van der Waals surface area contributed by atoms with Gasteiger partial charge in [-0.2, -0.15) is 15.0 Å². The summed E-state index contributed by atoms with van der Waals surface area (Å²) in [6, 6.07) is 5.42. The summed E-state index contributed by atoms with van der Waals surface area (Å²) in [5.74, 6) is 0.766. The Hall–Kier alpha value is -2.19. The highest BCUT2D eigenvalue weighted by atomic mass is 79.9. The van der Waals surface area contributed by atoms with Crippen LogP contribution in [-0.4, -0.2) is 24.5 Å². The van der Waals surface area contributed by atoms with Crippen LogP contribution in [0.2, 0.25) is 5.02 Å². The molecule has 0 amide bonds. The fourth-order valence-corrected chi connectivity index (χ4v) is 2.17. The molecule has 2 heterocycles. The number of anilines is 3. The first-order valence-electron chi connectivity index (χ1n) is 5.84. The maximum absolute atomic E-state index is 6.12. The highest BCUT2D eigenvalue weighted by Crippen LogP contribution is 2.27. The molecule has 0 spiro atoms. The Kier molecular flexibility index (Phi) is 3.72. The number of benzene rings is 1. The van der Waals surface area contributed by atoms with Crippen molar-refractivity contribution in [2.45, 2.75) is 0 Å². The fourth-order valence-electron chi connectivity index (χ4n) is 1.64. The summed E-state index contributed by atoms with van der Waals surface area (Å²) >= 11 is 9.51. The second-order valence-electron chi connectivity index (χ2n) is 4.04. The molecule has 1 aromatic carbocycles. The largest absolute Gasteiger partial charge is 0.368 e. The van der Waals surface area contributed by atoms with Gasteiger partial charge in [0.15, 0.2) is 0 Å². The maximum atomic E-state index is 6.12. The van der Waals surface area contributed by atoms with Gasteiger partial charge in [-0.25, -0.2) is 4.98 Å². The number of aromatic nitrogens is 5. The van der Waals surface area contributed by atoms with Crippen LogP contribution in [0.5, 0.6) is 0 Å². The minimum atomic E-state index is 0.0994. The van der Waals surface area contributed by atoms with Crippen molar-refractivity contribution in [1.29, 1.82) is 0 Å². The highest BCUT2D eigenvalue weighted by Gasteiger charge is 2.08. The maximum Gasteiger partial charge on any atom is 0.241 e. The van der Waals surface area contributed by atoms with E-state index in [0.29, 0.717) is 22.6 Å². The molecule has 0 saturated carbocycles. The van der Waals surface area contributed by atoms with Gasteiger partial charge in [-0.3, -0.25) is 4.57 Å². The lowest BCUT2D eigenvalue weighted by atomic mass is 10.3. The molecule has 0 radical (unpaired) electrons. The molecule has 0 aliphatic carbocycles. The van der Waals surface area contributed by atoms with E-state index in [-0.39, 0.29) is 5.95 Å². The molecular weight excluding hydrogens is 358 g/mol. The molecule has 0 unspecified atom stereocenters. The van der Waals surface area contributed by atoms with Crippen molar-refractivity contribution < 1.29 is 0 Å². The molecule has 3 aromatic rings. The van der Waals surface area contributed by atoms with Gasteiger partial charge in [0, 0.05) is 16.9 Å². The van der Waals surface area contributed by atoms with E-state index in [1.807, 2.05) is 12.1 Å². The van der Waals surface area contributed by atoms with Gasteiger partial charge in [-0.1, -0.05) is 27.5 Å². The zero-order chi connectivity index (χ0) is 14.8. The summed E-state index contributed by atoms with van der Waals surface area (Å²) in [4.78, 5) is 16.3. The predicted molar refractivity (Wildman–Crippen MR) is 83.8 cm³/mol. The predicted octanol–water partition coefficient (Wildman–Crippen LogP) is 2.80. The molecule has 0 aliphatic rings. The van der Waals surface area contributed by atoms with Crippen LogP contribution in [0.15, 0.2) is 41.4 Å². The van der Waals surface area contributed by atoms with Crippen molar-refractivity contribution in [3.63, 3.8) is 0 Å². The average Bonchev–Trinajstić information content (AvgIpc) is 2.96. The lowest BCUT2D eigenvalue weighted by Crippen LogP contribution is -2.08. The Morgan fingerprint density at radius 1 is 1.24 bits per heavy atom.